The van der Waals surface area contributed by atoms with Gasteiger partial charge < -0.3 is 10.3 Å². The van der Waals surface area contributed by atoms with E-state index >= 15 is 0 Å². The lowest BCUT2D eigenvalue weighted by Crippen LogP contribution is -2.17. The average Bonchev–Trinajstić information content (AvgIpc) is 3.27. The van der Waals surface area contributed by atoms with Crippen LogP contribution in [0.5, 0.6) is 0 Å². The number of halogens is 3. The third-order valence-corrected chi connectivity index (χ3v) is 4.13. The number of hydrogen-bond donors (Lipinski definition) is 2. The molecule has 9 heteroatoms. The third kappa shape index (κ3) is 3.59. The molecule has 1 amide bonds. The van der Waals surface area contributed by atoms with Gasteiger partial charge in [-0.25, -0.2) is 9.67 Å². The van der Waals surface area contributed by atoms with Crippen molar-refractivity contribution in [1.29, 1.82) is 0 Å². The summed E-state index contributed by atoms with van der Waals surface area (Å²) in [6, 6.07) is 12.5. The first-order chi connectivity index (χ1) is 13.4. The Kier molecular flexibility index (Phi) is 4.34. The van der Waals surface area contributed by atoms with Crippen LogP contribution < -0.4 is 5.32 Å². The summed E-state index contributed by atoms with van der Waals surface area (Å²) in [6.45, 7) is 0. The molecule has 0 spiro atoms. The number of aromatic nitrogens is 4. The number of nitrogens with zero attached hydrogens (tertiary/aromatic N) is 3. The molecule has 2 aromatic heterocycles. The van der Waals surface area contributed by atoms with Crippen LogP contribution in [-0.4, -0.2) is 25.7 Å². The summed E-state index contributed by atoms with van der Waals surface area (Å²) >= 11 is 0. The van der Waals surface area contributed by atoms with Crippen molar-refractivity contribution in [3.8, 4) is 5.95 Å². The van der Waals surface area contributed by atoms with E-state index in [1.807, 2.05) is 24.3 Å². The Morgan fingerprint density at radius 2 is 1.86 bits per heavy atom. The maximum atomic E-state index is 13.0. The number of fused-ring (bicyclic) bond motifs is 1. The summed E-state index contributed by atoms with van der Waals surface area (Å²) < 4.78 is 40.6. The van der Waals surface area contributed by atoms with Crippen LogP contribution in [0.15, 0.2) is 60.9 Å². The molecular formula is C19H14F3N5O. The zero-order valence-electron chi connectivity index (χ0n) is 14.4. The summed E-state index contributed by atoms with van der Waals surface area (Å²) in [4.78, 5) is 19.7. The largest absolute Gasteiger partial charge is 0.416 e. The summed E-state index contributed by atoms with van der Waals surface area (Å²) in [6.07, 6.45) is -1.97. The molecule has 0 radical (unpaired) electrons. The van der Waals surface area contributed by atoms with Gasteiger partial charge in [0.15, 0.2) is 0 Å². The average molecular weight is 385 g/mol. The van der Waals surface area contributed by atoms with Crippen LogP contribution in [0, 0.1) is 0 Å². The number of rotatable bonds is 4. The predicted molar refractivity (Wildman–Crippen MR) is 97.0 cm³/mol. The molecule has 0 atom stereocenters. The fourth-order valence-corrected chi connectivity index (χ4v) is 2.88. The monoisotopic (exact) mass is 385 g/mol. The molecule has 0 aliphatic heterocycles. The van der Waals surface area contributed by atoms with Crippen LogP contribution in [0.1, 0.15) is 11.1 Å². The minimum Gasteiger partial charge on any atom is -0.323 e. The van der Waals surface area contributed by atoms with E-state index in [1.165, 1.54) is 35.3 Å². The van der Waals surface area contributed by atoms with Crippen LogP contribution in [0.25, 0.3) is 17.0 Å². The lowest BCUT2D eigenvalue weighted by atomic mass is 10.0. The zero-order valence-corrected chi connectivity index (χ0v) is 14.4. The van der Waals surface area contributed by atoms with Gasteiger partial charge in [-0.05, 0) is 23.8 Å². The first kappa shape index (κ1) is 17.8. The number of anilines is 1. The van der Waals surface area contributed by atoms with Gasteiger partial charge in [0.25, 0.3) is 0 Å². The van der Waals surface area contributed by atoms with Gasteiger partial charge in [-0.2, -0.15) is 18.3 Å². The maximum Gasteiger partial charge on any atom is 0.416 e. The van der Waals surface area contributed by atoms with Crippen molar-refractivity contribution in [2.75, 3.05) is 5.32 Å². The second-order valence-corrected chi connectivity index (χ2v) is 6.13. The predicted octanol–water partition coefficient (Wildman–Crippen LogP) is 3.95. The number of H-pyrrole nitrogens is 1. The van der Waals surface area contributed by atoms with Crippen molar-refractivity contribution in [2.24, 2.45) is 0 Å². The summed E-state index contributed by atoms with van der Waals surface area (Å²) in [5, 5.41) is 6.69. The standard InChI is InChI=1S/C19H14F3N5O/c20-19(21,22)14-6-2-1-5-12(14)9-17(28)24-13-10-23-27(11-13)18-25-15-7-3-4-8-16(15)26-18/h1-8,10-11H,9H2,(H,24,28)(H,25,26). The fourth-order valence-electron chi connectivity index (χ4n) is 2.88. The Balaban J connectivity index is 1.49. The molecule has 28 heavy (non-hydrogen) atoms. The number of aromatic amines is 1. The highest BCUT2D eigenvalue weighted by Gasteiger charge is 2.33. The highest BCUT2D eigenvalue weighted by Crippen LogP contribution is 2.32. The van der Waals surface area contributed by atoms with Gasteiger partial charge in [-0.3, -0.25) is 4.79 Å². The van der Waals surface area contributed by atoms with Gasteiger partial charge in [-0.1, -0.05) is 30.3 Å². The molecule has 2 N–H and O–H groups in total. The SMILES string of the molecule is O=C(Cc1ccccc1C(F)(F)F)Nc1cnn(-c2nc3ccccc3[nH]2)c1. The molecule has 2 heterocycles. The molecule has 0 bridgehead atoms. The molecule has 6 nitrogen and oxygen atoms in total. The van der Waals surface area contributed by atoms with Crippen LogP contribution in [0.2, 0.25) is 0 Å². The van der Waals surface area contributed by atoms with Gasteiger partial charge in [-0.15, -0.1) is 0 Å². The summed E-state index contributed by atoms with van der Waals surface area (Å²) in [5.41, 5.74) is 1.06. The Morgan fingerprint density at radius 1 is 1.11 bits per heavy atom. The third-order valence-electron chi connectivity index (χ3n) is 4.13. The number of alkyl halides is 3. The van der Waals surface area contributed by atoms with E-state index in [1.54, 1.807) is 0 Å². The minimum atomic E-state index is -4.51. The number of carbonyl (C=O) groups is 1. The van der Waals surface area contributed by atoms with Crippen LogP contribution in [0.3, 0.4) is 0 Å². The lowest BCUT2D eigenvalue weighted by Gasteiger charge is -2.12. The zero-order chi connectivity index (χ0) is 19.7. The van der Waals surface area contributed by atoms with Gasteiger partial charge in [0.1, 0.15) is 0 Å². The molecule has 142 valence electrons. The van der Waals surface area contributed by atoms with Crippen molar-refractivity contribution in [3.63, 3.8) is 0 Å². The smallest absolute Gasteiger partial charge is 0.323 e. The number of benzene rings is 2. The van der Waals surface area contributed by atoms with Gasteiger partial charge in [0, 0.05) is 0 Å². The molecule has 2 aromatic carbocycles. The van der Waals surface area contributed by atoms with Crippen molar-refractivity contribution >= 4 is 22.6 Å². The molecule has 4 rings (SSSR count). The number of amides is 1. The van der Waals surface area contributed by atoms with Crippen molar-refractivity contribution in [1.82, 2.24) is 19.7 Å². The number of imidazole rings is 1. The molecule has 0 aliphatic carbocycles. The number of para-hydroxylation sites is 2. The lowest BCUT2D eigenvalue weighted by molar-refractivity contribution is -0.138. The number of nitrogens with one attached hydrogen (secondary N) is 2. The van der Waals surface area contributed by atoms with Gasteiger partial charge in [0.05, 0.1) is 41.1 Å². The van der Waals surface area contributed by atoms with E-state index in [0.29, 0.717) is 11.6 Å². The summed E-state index contributed by atoms with van der Waals surface area (Å²) in [7, 11) is 0. The van der Waals surface area contributed by atoms with Crippen LogP contribution >= 0.6 is 0 Å². The van der Waals surface area contributed by atoms with E-state index in [2.05, 4.69) is 20.4 Å². The Morgan fingerprint density at radius 3 is 2.64 bits per heavy atom. The van der Waals surface area contributed by atoms with Gasteiger partial charge >= 0.3 is 6.18 Å². The highest BCUT2D eigenvalue weighted by molar-refractivity contribution is 5.92. The highest BCUT2D eigenvalue weighted by atomic mass is 19.4. The topological polar surface area (TPSA) is 75.6 Å². The van der Waals surface area contributed by atoms with Crippen molar-refractivity contribution in [2.45, 2.75) is 12.6 Å². The molecule has 4 aromatic rings. The Hall–Kier alpha value is -3.62. The quantitative estimate of drug-likeness (QED) is 0.559. The van der Waals surface area contributed by atoms with Gasteiger partial charge in [0.2, 0.25) is 11.9 Å². The fraction of sp³-hybridized carbons (Fsp3) is 0.105. The van der Waals surface area contributed by atoms with E-state index in [-0.39, 0.29) is 5.56 Å². The molecule has 0 saturated heterocycles. The Bertz CT molecular complexity index is 1110. The Labute approximate surface area is 157 Å². The van der Waals surface area contributed by atoms with E-state index in [9.17, 15) is 18.0 Å². The number of hydrogen-bond acceptors (Lipinski definition) is 3. The summed E-state index contributed by atoms with van der Waals surface area (Å²) in [5.74, 6) is -0.107. The molecule has 0 aliphatic rings. The second-order valence-electron chi connectivity index (χ2n) is 6.13. The maximum absolute atomic E-state index is 13.0. The molecule has 0 unspecified atom stereocenters. The van der Waals surface area contributed by atoms with E-state index < -0.39 is 24.1 Å². The minimum absolute atomic E-state index is 0.0859. The van der Waals surface area contributed by atoms with E-state index in [0.717, 1.165) is 17.1 Å². The molecular weight excluding hydrogens is 371 g/mol. The normalized spacial score (nSPS) is 11.7. The van der Waals surface area contributed by atoms with Crippen molar-refractivity contribution < 1.29 is 18.0 Å². The first-order valence-corrected chi connectivity index (χ1v) is 8.35. The second kappa shape index (κ2) is 6.84. The number of carbonyl (C=O) groups excluding carboxylic acids is 1. The van der Waals surface area contributed by atoms with E-state index in [4.69, 9.17) is 0 Å². The molecule has 0 fully saturated rings. The van der Waals surface area contributed by atoms with Crippen LogP contribution in [-0.2, 0) is 17.4 Å². The van der Waals surface area contributed by atoms with Crippen LogP contribution in [0.4, 0.5) is 18.9 Å². The first-order valence-electron chi connectivity index (χ1n) is 8.35. The van der Waals surface area contributed by atoms with Crippen molar-refractivity contribution in [3.05, 3.63) is 72.1 Å². The molecule has 0 saturated carbocycles.